The fourth-order valence-electron chi connectivity index (χ4n) is 2.67. The summed E-state index contributed by atoms with van der Waals surface area (Å²) in [6, 6.07) is 5.03. The van der Waals surface area contributed by atoms with Crippen molar-refractivity contribution in [2.24, 2.45) is 0 Å². The molecule has 1 heterocycles. The first-order valence-electron chi connectivity index (χ1n) is 6.73. The fourth-order valence-corrected chi connectivity index (χ4v) is 2.67. The first-order chi connectivity index (χ1) is 9.11. The summed E-state index contributed by atoms with van der Waals surface area (Å²) in [5.74, 6) is -0.386. The average molecular weight is 265 g/mol. The summed E-state index contributed by atoms with van der Waals surface area (Å²) < 4.78 is 18.9. The minimum absolute atomic E-state index is 0.0741. The zero-order valence-corrected chi connectivity index (χ0v) is 11.4. The molecule has 4 heteroatoms. The van der Waals surface area contributed by atoms with Crippen molar-refractivity contribution in [1.82, 2.24) is 5.32 Å². The van der Waals surface area contributed by atoms with Crippen molar-refractivity contribution < 1.29 is 13.9 Å². The van der Waals surface area contributed by atoms with Crippen LogP contribution in [-0.2, 0) is 0 Å². The summed E-state index contributed by atoms with van der Waals surface area (Å²) in [4.78, 5) is 12.3. The Morgan fingerprint density at radius 3 is 2.95 bits per heavy atom. The Kier molecular flexibility index (Phi) is 4.53. The van der Waals surface area contributed by atoms with Gasteiger partial charge in [-0.25, -0.2) is 4.39 Å². The number of carbonyl (C=O) groups is 1. The molecule has 104 valence electrons. The number of nitrogens with one attached hydrogen (secondary N) is 1. The van der Waals surface area contributed by atoms with Gasteiger partial charge in [-0.2, -0.15) is 0 Å². The second-order valence-electron chi connectivity index (χ2n) is 5.14. The highest BCUT2D eigenvalue weighted by molar-refractivity contribution is 5.99. The number of carbonyl (C=O) groups excluding carboxylic acids is 1. The lowest BCUT2D eigenvalue weighted by Gasteiger charge is -2.28. The third-order valence-electron chi connectivity index (χ3n) is 3.62. The van der Waals surface area contributed by atoms with Gasteiger partial charge in [-0.15, -0.1) is 0 Å². The Hall–Kier alpha value is -1.42. The summed E-state index contributed by atoms with van der Waals surface area (Å²) in [5, 5.41) is 3.39. The van der Waals surface area contributed by atoms with Crippen LogP contribution in [0.1, 0.15) is 43.0 Å². The molecule has 0 aliphatic carbocycles. The Balaban J connectivity index is 2.11. The molecule has 1 saturated heterocycles. The second-order valence-corrected chi connectivity index (χ2v) is 5.14. The largest absolute Gasteiger partial charge is 0.496 e. The van der Waals surface area contributed by atoms with Gasteiger partial charge in [-0.3, -0.25) is 4.79 Å². The monoisotopic (exact) mass is 265 g/mol. The lowest BCUT2D eigenvalue weighted by Crippen LogP contribution is -2.41. The van der Waals surface area contributed by atoms with Crippen LogP contribution in [0, 0.1) is 5.82 Å². The van der Waals surface area contributed by atoms with Crippen molar-refractivity contribution in [3.05, 3.63) is 29.6 Å². The molecule has 1 aliphatic rings. The smallest absolute Gasteiger partial charge is 0.171 e. The standard InChI is InChI=1S/C15H20FNO2/c1-10-5-3-6-11(17-10)9-13(18)15-12(16)7-4-8-14(15)19-2/h4,7-8,10-11,17H,3,5-6,9H2,1-2H3. The van der Waals surface area contributed by atoms with E-state index < -0.39 is 5.82 Å². The molecule has 1 aliphatic heterocycles. The van der Waals surface area contributed by atoms with Gasteiger partial charge < -0.3 is 10.1 Å². The summed E-state index contributed by atoms with van der Waals surface area (Å²) in [6.45, 7) is 2.11. The number of hydrogen-bond donors (Lipinski definition) is 1. The molecule has 0 aromatic heterocycles. The Labute approximate surface area is 113 Å². The third-order valence-corrected chi connectivity index (χ3v) is 3.62. The quantitative estimate of drug-likeness (QED) is 0.851. The summed E-state index contributed by atoms with van der Waals surface area (Å²) in [7, 11) is 1.45. The number of ether oxygens (including phenoxy) is 1. The van der Waals surface area contributed by atoms with Crippen LogP contribution in [0.15, 0.2) is 18.2 Å². The van der Waals surface area contributed by atoms with Gasteiger partial charge in [-0.05, 0) is 31.9 Å². The van der Waals surface area contributed by atoms with Gasteiger partial charge in [0, 0.05) is 18.5 Å². The molecule has 0 spiro atoms. The Bertz CT molecular complexity index is 461. The fraction of sp³-hybridized carbons (Fsp3) is 0.533. The molecule has 2 rings (SSSR count). The molecule has 2 unspecified atom stereocenters. The van der Waals surface area contributed by atoms with E-state index in [9.17, 15) is 9.18 Å². The molecule has 3 nitrogen and oxygen atoms in total. The Morgan fingerprint density at radius 1 is 1.47 bits per heavy atom. The maximum Gasteiger partial charge on any atom is 0.171 e. The number of rotatable bonds is 4. The highest BCUT2D eigenvalue weighted by atomic mass is 19.1. The normalized spacial score (nSPS) is 23.1. The number of methoxy groups -OCH3 is 1. The van der Waals surface area contributed by atoms with Gasteiger partial charge in [0.15, 0.2) is 5.78 Å². The van der Waals surface area contributed by atoms with Gasteiger partial charge in [0.1, 0.15) is 11.6 Å². The van der Waals surface area contributed by atoms with Crippen molar-refractivity contribution in [2.45, 2.75) is 44.7 Å². The van der Waals surface area contributed by atoms with Gasteiger partial charge in [0.25, 0.3) is 0 Å². The number of ketones is 1. The Morgan fingerprint density at radius 2 is 2.26 bits per heavy atom. The van der Waals surface area contributed by atoms with Gasteiger partial charge in [-0.1, -0.05) is 12.5 Å². The molecule has 1 N–H and O–H groups in total. The van der Waals surface area contributed by atoms with Crippen LogP contribution in [0.5, 0.6) is 5.75 Å². The molecule has 1 aromatic rings. The van der Waals surface area contributed by atoms with Crippen LogP contribution in [0.4, 0.5) is 4.39 Å². The van der Waals surface area contributed by atoms with Gasteiger partial charge in [0.05, 0.1) is 12.7 Å². The van der Waals surface area contributed by atoms with E-state index in [4.69, 9.17) is 4.74 Å². The summed E-state index contributed by atoms with van der Waals surface area (Å²) in [6.07, 6.45) is 3.53. The van der Waals surface area contributed by atoms with Crippen LogP contribution in [0.3, 0.4) is 0 Å². The van der Waals surface area contributed by atoms with E-state index in [-0.39, 0.29) is 17.4 Å². The SMILES string of the molecule is COc1cccc(F)c1C(=O)CC1CCCC(C)N1. The molecular weight excluding hydrogens is 245 g/mol. The van der Waals surface area contributed by atoms with Crippen molar-refractivity contribution in [3.63, 3.8) is 0 Å². The molecule has 1 aromatic carbocycles. The topological polar surface area (TPSA) is 38.3 Å². The van der Waals surface area contributed by atoms with E-state index in [1.165, 1.54) is 13.2 Å². The van der Waals surface area contributed by atoms with Crippen LogP contribution in [-0.4, -0.2) is 25.0 Å². The molecule has 1 fully saturated rings. The molecule has 0 radical (unpaired) electrons. The lowest BCUT2D eigenvalue weighted by molar-refractivity contribution is 0.0952. The van der Waals surface area contributed by atoms with Crippen LogP contribution >= 0.6 is 0 Å². The number of halogens is 1. The van der Waals surface area contributed by atoms with E-state index in [1.807, 2.05) is 0 Å². The number of piperidine rings is 1. The van der Waals surface area contributed by atoms with Crippen molar-refractivity contribution in [2.75, 3.05) is 7.11 Å². The highest BCUT2D eigenvalue weighted by Crippen LogP contribution is 2.24. The van der Waals surface area contributed by atoms with E-state index >= 15 is 0 Å². The minimum Gasteiger partial charge on any atom is -0.496 e. The average Bonchev–Trinajstić information content (AvgIpc) is 2.38. The molecule has 19 heavy (non-hydrogen) atoms. The molecule has 0 saturated carbocycles. The lowest BCUT2D eigenvalue weighted by atomic mass is 9.93. The van der Waals surface area contributed by atoms with Crippen molar-refractivity contribution in [1.29, 1.82) is 0 Å². The first kappa shape index (κ1) is 14.0. The van der Waals surface area contributed by atoms with Crippen molar-refractivity contribution in [3.8, 4) is 5.75 Å². The van der Waals surface area contributed by atoms with E-state index in [0.717, 1.165) is 19.3 Å². The minimum atomic E-state index is -0.506. The summed E-state index contributed by atoms with van der Waals surface area (Å²) >= 11 is 0. The predicted molar refractivity (Wildman–Crippen MR) is 72.1 cm³/mol. The van der Waals surface area contributed by atoms with E-state index in [2.05, 4.69) is 12.2 Å². The maximum atomic E-state index is 13.8. The van der Waals surface area contributed by atoms with Gasteiger partial charge in [0.2, 0.25) is 0 Å². The number of Topliss-reactive ketones (excluding diaryl/α,β-unsaturated/α-hetero) is 1. The van der Waals surface area contributed by atoms with Gasteiger partial charge >= 0.3 is 0 Å². The molecule has 2 atom stereocenters. The predicted octanol–water partition coefficient (Wildman–Crippen LogP) is 2.94. The third kappa shape index (κ3) is 3.32. The number of benzene rings is 1. The van der Waals surface area contributed by atoms with Crippen LogP contribution < -0.4 is 10.1 Å². The zero-order chi connectivity index (χ0) is 13.8. The van der Waals surface area contributed by atoms with Crippen LogP contribution in [0.25, 0.3) is 0 Å². The molecular formula is C15H20FNO2. The van der Waals surface area contributed by atoms with E-state index in [0.29, 0.717) is 18.2 Å². The van der Waals surface area contributed by atoms with E-state index in [1.54, 1.807) is 12.1 Å². The second kappa shape index (κ2) is 6.15. The zero-order valence-electron chi connectivity index (χ0n) is 11.4. The van der Waals surface area contributed by atoms with Crippen LogP contribution in [0.2, 0.25) is 0 Å². The molecule has 0 bridgehead atoms. The summed E-state index contributed by atoms with van der Waals surface area (Å²) in [5.41, 5.74) is 0.0741. The number of hydrogen-bond acceptors (Lipinski definition) is 3. The molecule has 0 amide bonds. The highest BCUT2D eigenvalue weighted by Gasteiger charge is 2.24. The first-order valence-corrected chi connectivity index (χ1v) is 6.73. The van der Waals surface area contributed by atoms with Crippen molar-refractivity contribution >= 4 is 5.78 Å². The maximum absolute atomic E-state index is 13.8.